The van der Waals surface area contributed by atoms with E-state index in [1.165, 1.54) is 6.20 Å². The highest BCUT2D eigenvalue weighted by molar-refractivity contribution is 5.88. The van der Waals surface area contributed by atoms with Gasteiger partial charge in [0.15, 0.2) is 0 Å². The number of terminal acetylenes is 1. The first-order valence-electron chi connectivity index (χ1n) is 4.84. The number of rotatable bonds is 4. The summed E-state index contributed by atoms with van der Waals surface area (Å²) in [4.78, 5) is 11.5. The summed E-state index contributed by atoms with van der Waals surface area (Å²) in [7, 11) is 0. The summed E-state index contributed by atoms with van der Waals surface area (Å²) in [6, 6.07) is 0. The van der Waals surface area contributed by atoms with Gasteiger partial charge in [0.25, 0.3) is 0 Å². The average molecular weight is 206 g/mol. The maximum absolute atomic E-state index is 11.5. The fourth-order valence-electron chi connectivity index (χ4n) is 1.10. The zero-order valence-corrected chi connectivity index (χ0v) is 8.93. The van der Waals surface area contributed by atoms with E-state index in [1.54, 1.807) is 17.8 Å². The first kappa shape index (κ1) is 11.3. The van der Waals surface area contributed by atoms with Gasteiger partial charge in [0.1, 0.15) is 6.10 Å². The van der Waals surface area contributed by atoms with Crippen LogP contribution in [-0.4, -0.2) is 21.9 Å². The largest absolute Gasteiger partial charge is 0.458 e. The molecular weight excluding hydrogens is 192 g/mol. The van der Waals surface area contributed by atoms with Gasteiger partial charge >= 0.3 is 5.97 Å². The van der Waals surface area contributed by atoms with Gasteiger partial charge in [-0.25, -0.2) is 4.79 Å². The third kappa shape index (κ3) is 3.13. The Balaban J connectivity index is 2.57. The first-order chi connectivity index (χ1) is 7.17. The van der Waals surface area contributed by atoms with Crippen molar-refractivity contribution in [2.24, 2.45) is 0 Å². The van der Waals surface area contributed by atoms with Gasteiger partial charge in [0.2, 0.25) is 0 Å². The van der Waals surface area contributed by atoms with Crippen LogP contribution in [0.4, 0.5) is 0 Å². The lowest BCUT2D eigenvalue weighted by molar-refractivity contribution is 0.0352. The number of carbonyl (C=O) groups is 1. The molecule has 0 bridgehead atoms. The quantitative estimate of drug-likeness (QED) is 0.553. The van der Waals surface area contributed by atoms with Crippen molar-refractivity contribution in [1.82, 2.24) is 9.78 Å². The van der Waals surface area contributed by atoms with Crippen molar-refractivity contribution in [3.8, 4) is 12.3 Å². The smallest absolute Gasteiger partial charge is 0.341 e. The van der Waals surface area contributed by atoms with Gasteiger partial charge in [-0.2, -0.15) is 5.10 Å². The number of carbonyl (C=O) groups excluding carboxylic acids is 1. The van der Waals surface area contributed by atoms with Crippen molar-refractivity contribution in [2.75, 3.05) is 0 Å². The fourth-order valence-corrected chi connectivity index (χ4v) is 1.10. The van der Waals surface area contributed by atoms with Crippen LogP contribution in [0.25, 0.3) is 0 Å². The lowest BCUT2D eigenvalue weighted by Crippen LogP contribution is -2.13. The van der Waals surface area contributed by atoms with Crippen molar-refractivity contribution in [3.05, 3.63) is 18.0 Å². The Bertz CT molecular complexity index is 376. The second-order valence-electron chi connectivity index (χ2n) is 3.21. The monoisotopic (exact) mass is 206 g/mol. The molecular formula is C11H14N2O2. The van der Waals surface area contributed by atoms with E-state index in [2.05, 4.69) is 11.0 Å². The molecule has 0 aliphatic rings. The lowest BCUT2D eigenvalue weighted by atomic mass is 10.3. The fraction of sp³-hybridized carbons (Fsp3) is 0.455. The van der Waals surface area contributed by atoms with Crippen molar-refractivity contribution in [2.45, 2.75) is 32.9 Å². The molecule has 1 heterocycles. The van der Waals surface area contributed by atoms with E-state index in [4.69, 9.17) is 11.2 Å². The van der Waals surface area contributed by atoms with Gasteiger partial charge in [-0.15, -0.1) is 12.3 Å². The predicted octanol–water partition coefficient (Wildman–Crippen LogP) is 1.47. The van der Waals surface area contributed by atoms with Crippen LogP contribution in [0.5, 0.6) is 0 Å². The number of hydrogen-bond acceptors (Lipinski definition) is 3. The molecule has 0 saturated carbocycles. The summed E-state index contributed by atoms with van der Waals surface area (Å²) in [5.41, 5.74) is 0.459. The molecule has 4 nitrogen and oxygen atoms in total. The predicted molar refractivity (Wildman–Crippen MR) is 56.2 cm³/mol. The van der Waals surface area contributed by atoms with Crippen molar-refractivity contribution in [3.63, 3.8) is 0 Å². The minimum Gasteiger partial charge on any atom is -0.458 e. The molecule has 0 saturated heterocycles. The number of aromatic nitrogens is 2. The average Bonchev–Trinajstić information content (AvgIpc) is 2.66. The van der Waals surface area contributed by atoms with Crippen LogP contribution in [0.15, 0.2) is 12.4 Å². The Kier molecular flexibility index (Phi) is 3.92. The van der Waals surface area contributed by atoms with E-state index in [9.17, 15) is 4.79 Å². The summed E-state index contributed by atoms with van der Waals surface area (Å²) < 4.78 is 6.77. The Morgan fingerprint density at radius 2 is 2.53 bits per heavy atom. The third-order valence-corrected chi connectivity index (χ3v) is 1.91. The van der Waals surface area contributed by atoms with E-state index in [1.807, 2.05) is 6.92 Å². The minimum atomic E-state index is -0.377. The van der Waals surface area contributed by atoms with Crippen molar-refractivity contribution in [1.29, 1.82) is 0 Å². The zero-order chi connectivity index (χ0) is 11.3. The second-order valence-corrected chi connectivity index (χ2v) is 3.21. The van der Waals surface area contributed by atoms with Crippen LogP contribution in [0.3, 0.4) is 0 Å². The zero-order valence-electron chi connectivity index (χ0n) is 8.93. The lowest BCUT2D eigenvalue weighted by Gasteiger charge is -2.08. The summed E-state index contributed by atoms with van der Waals surface area (Å²) in [6.07, 6.45) is 8.43. The van der Waals surface area contributed by atoms with Crippen molar-refractivity contribution >= 4 is 5.97 Å². The molecule has 0 fully saturated rings. The molecule has 0 radical (unpaired) electrons. The van der Waals surface area contributed by atoms with Crippen molar-refractivity contribution < 1.29 is 9.53 Å². The molecule has 1 atom stereocenters. The van der Waals surface area contributed by atoms with Crippen LogP contribution >= 0.6 is 0 Å². The number of nitrogens with zero attached hydrogens (tertiary/aromatic N) is 2. The number of hydrogen-bond donors (Lipinski definition) is 0. The molecule has 0 N–H and O–H groups in total. The molecule has 0 unspecified atom stereocenters. The molecule has 0 amide bonds. The maximum Gasteiger partial charge on any atom is 0.341 e. The molecule has 15 heavy (non-hydrogen) atoms. The number of aryl methyl sites for hydroxylation is 1. The molecule has 1 aromatic rings. The molecule has 0 spiro atoms. The summed E-state index contributed by atoms with van der Waals surface area (Å²) >= 11 is 0. The highest BCUT2D eigenvalue weighted by Gasteiger charge is 2.12. The van der Waals surface area contributed by atoms with Gasteiger partial charge < -0.3 is 4.74 Å². The van der Waals surface area contributed by atoms with Crippen LogP contribution in [-0.2, 0) is 11.3 Å². The Morgan fingerprint density at radius 3 is 3.07 bits per heavy atom. The Hall–Kier alpha value is -1.76. The summed E-state index contributed by atoms with van der Waals surface area (Å²) in [6.45, 7) is 4.44. The summed E-state index contributed by atoms with van der Waals surface area (Å²) in [5, 5.41) is 3.98. The number of esters is 1. The Labute approximate surface area is 89.2 Å². The van der Waals surface area contributed by atoms with Crippen LogP contribution in [0.1, 0.15) is 30.6 Å². The summed E-state index contributed by atoms with van der Waals surface area (Å²) in [5.74, 6) is 2.07. The van der Waals surface area contributed by atoms with E-state index in [0.29, 0.717) is 12.0 Å². The third-order valence-electron chi connectivity index (χ3n) is 1.91. The molecule has 0 aromatic carbocycles. The topological polar surface area (TPSA) is 44.1 Å². The second kappa shape index (κ2) is 5.20. The van der Waals surface area contributed by atoms with Gasteiger partial charge in [0.05, 0.1) is 11.8 Å². The number of ether oxygens (including phenoxy) is 1. The molecule has 80 valence electrons. The van der Waals surface area contributed by atoms with E-state index >= 15 is 0 Å². The molecule has 4 heteroatoms. The standard InChI is InChI=1S/C11H14N2O2/c1-4-6-9(3)15-11(14)10-7-12-13(5-2)8-10/h1,7-9H,5-6H2,2-3H3/t9-/m1/s1. The van der Waals surface area contributed by atoms with Gasteiger partial charge in [-0.1, -0.05) is 0 Å². The van der Waals surface area contributed by atoms with E-state index in [0.717, 1.165) is 6.54 Å². The molecule has 1 rings (SSSR count). The van der Waals surface area contributed by atoms with Gasteiger partial charge in [-0.3, -0.25) is 4.68 Å². The minimum absolute atomic E-state index is 0.257. The van der Waals surface area contributed by atoms with Crippen LogP contribution in [0, 0.1) is 12.3 Å². The van der Waals surface area contributed by atoms with Crippen LogP contribution in [0.2, 0.25) is 0 Å². The Morgan fingerprint density at radius 1 is 1.80 bits per heavy atom. The maximum atomic E-state index is 11.5. The van der Waals surface area contributed by atoms with E-state index in [-0.39, 0.29) is 12.1 Å². The van der Waals surface area contributed by atoms with E-state index < -0.39 is 0 Å². The highest BCUT2D eigenvalue weighted by atomic mass is 16.5. The highest BCUT2D eigenvalue weighted by Crippen LogP contribution is 2.05. The molecule has 1 aromatic heterocycles. The molecule has 0 aliphatic heterocycles. The SMILES string of the molecule is C#CC[C@@H](C)OC(=O)c1cnn(CC)c1. The van der Waals surface area contributed by atoms with Gasteiger partial charge in [0, 0.05) is 19.2 Å². The van der Waals surface area contributed by atoms with Crippen LogP contribution < -0.4 is 0 Å². The van der Waals surface area contributed by atoms with Gasteiger partial charge in [-0.05, 0) is 13.8 Å². The molecule has 0 aliphatic carbocycles. The first-order valence-corrected chi connectivity index (χ1v) is 4.84. The normalized spacial score (nSPS) is 11.8.